The monoisotopic (exact) mass is 311 g/mol. The number of nitrogens with zero attached hydrogens (tertiary/aromatic N) is 1. The van der Waals surface area contributed by atoms with Gasteiger partial charge < -0.3 is 19.5 Å². The third-order valence-corrected chi connectivity index (χ3v) is 3.93. The molecule has 0 radical (unpaired) electrons. The lowest BCUT2D eigenvalue weighted by Gasteiger charge is -2.24. The first-order chi connectivity index (χ1) is 10.4. The molecule has 7 heteroatoms. The highest BCUT2D eigenvalue weighted by molar-refractivity contribution is 5.95. The molecule has 120 valence electrons. The summed E-state index contributed by atoms with van der Waals surface area (Å²) in [6.45, 7) is 0.240. The second kappa shape index (κ2) is 6.31. The number of likely N-dealkylation sites (tertiary alicyclic amines) is 1. The van der Waals surface area contributed by atoms with Crippen LogP contribution in [0.25, 0.3) is 0 Å². The number of hydrogen-bond donors (Lipinski definition) is 1. The van der Waals surface area contributed by atoms with Crippen molar-refractivity contribution < 1.29 is 28.6 Å². The van der Waals surface area contributed by atoms with Gasteiger partial charge in [-0.2, -0.15) is 0 Å². The van der Waals surface area contributed by atoms with Gasteiger partial charge in [-0.3, -0.25) is 9.59 Å². The van der Waals surface area contributed by atoms with Gasteiger partial charge in [0, 0.05) is 20.2 Å². The van der Waals surface area contributed by atoms with Crippen molar-refractivity contribution in [1.82, 2.24) is 4.90 Å². The summed E-state index contributed by atoms with van der Waals surface area (Å²) in [4.78, 5) is 25.3. The predicted octanol–water partition coefficient (Wildman–Crippen LogP) is 1.40. The van der Waals surface area contributed by atoms with Gasteiger partial charge in [0.05, 0.1) is 19.3 Å². The summed E-state index contributed by atoms with van der Waals surface area (Å²) in [6.07, 6.45) is 0.271. The number of carbonyl (C=O) groups is 2. The molecular formula is C15H18FNO5. The minimum atomic E-state index is -1.14. The molecule has 6 nitrogen and oxygen atoms in total. The van der Waals surface area contributed by atoms with E-state index in [-0.39, 0.29) is 37.4 Å². The van der Waals surface area contributed by atoms with Crippen LogP contribution in [0, 0.1) is 11.2 Å². The first kappa shape index (κ1) is 16.2. The van der Waals surface area contributed by atoms with Crippen LogP contribution in [0.3, 0.4) is 0 Å². The first-order valence-electron chi connectivity index (χ1n) is 6.79. The highest BCUT2D eigenvalue weighted by atomic mass is 19.1. The molecule has 22 heavy (non-hydrogen) atoms. The number of hydrogen-bond acceptors (Lipinski definition) is 4. The molecule has 1 amide bonds. The Labute approximate surface area is 127 Å². The average molecular weight is 311 g/mol. The fourth-order valence-corrected chi connectivity index (χ4v) is 2.68. The van der Waals surface area contributed by atoms with E-state index in [1.807, 2.05) is 0 Å². The van der Waals surface area contributed by atoms with Crippen LogP contribution < -0.4 is 4.74 Å². The topological polar surface area (TPSA) is 76.1 Å². The van der Waals surface area contributed by atoms with E-state index in [0.29, 0.717) is 0 Å². The summed E-state index contributed by atoms with van der Waals surface area (Å²) in [7, 11) is 2.73. The van der Waals surface area contributed by atoms with Gasteiger partial charge in [-0.25, -0.2) is 4.39 Å². The van der Waals surface area contributed by atoms with Crippen molar-refractivity contribution in [3.8, 4) is 5.75 Å². The van der Waals surface area contributed by atoms with Crippen molar-refractivity contribution in [3.63, 3.8) is 0 Å². The number of aliphatic carboxylic acids is 1. The summed E-state index contributed by atoms with van der Waals surface area (Å²) in [6, 6.07) is 4.30. The van der Waals surface area contributed by atoms with Crippen LogP contribution in [0.1, 0.15) is 16.8 Å². The number of rotatable bonds is 5. The van der Waals surface area contributed by atoms with E-state index in [1.165, 1.54) is 37.3 Å². The van der Waals surface area contributed by atoms with Crippen molar-refractivity contribution in [2.24, 2.45) is 5.41 Å². The van der Waals surface area contributed by atoms with Crippen LogP contribution in [0.5, 0.6) is 5.75 Å². The quantitative estimate of drug-likeness (QED) is 0.889. The van der Waals surface area contributed by atoms with Crippen molar-refractivity contribution in [2.75, 3.05) is 33.9 Å². The Kier molecular flexibility index (Phi) is 4.65. The Morgan fingerprint density at radius 3 is 2.73 bits per heavy atom. The van der Waals surface area contributed by atoms with Crippen LogP contribution in [-0.2, 0) is 9.53 Å². The number of amides is 1. The molecule has 0 spiro atoms. The number of ether oxygens (including phenoxy) is 2. The molecule has 2 rings (SSSR count). The molecule has 1 aliphatic rings. The van der Waals surface area contributed by atoms with E-state index in [1.54, 1.807) is 0 Å². The molecule has 1 saturated heterocycles. The molecule has 1 N–H and O–H groups in total. The largest absolute Gasteiger partial charge is 0.494 e. The van der Waals surface area contributed by atoms with Crippen molar-refractivity contribution in [1.29, 1.82) is 0 Å². The molecule has 1 aromatic rings. The van der Waals surface area contributed by atoms with Crippen LogP contribution in [-0.4, -0.2) is 55.8 Å². The van der Waals surface area contributed by atoms with Gasteiger partial charge in [0.1, 0.15) is 5.41 Å². The van der Waals surface area contributed by atoms with Gasteiger partial charge in [0.2, 0.25) is 0 Å². The third-order valence-electron chi connectivity index (χ3n) is 3.93. The van der Waals surface area contributed by atoms with E-state index in [9.17, 15) is 19.1 Å². The molecule has 0 bridgehead atoms. The summed E-state index contributed by atoms with van der Waals surface area (Å²) in [5, 5.41) is 9.39. The number of benzene rings is 1. The Bertz CT molecular complexity index is 591. The zero-order valence-corrected chi connectivity index (χ0v) is 12.5. The fourth-order valence-electron chi connectivity index (χ4n) is 2.68. The maximum atomic E-state index is 14.2. The van der Waals surface area contributed by atoms with Gasteiger partial charge in [-0.15, -0.1) is 0 Å². The highest BCUT2D eigenvalue weighted by Gasteiger charge is 2.46. The zero-order chi connectivity index (χ0) is 16.3. The standard InChI is InChI=1S/C15H18FNO5/c1-21-9-15(14(19)20)6-7-17(8-15)13(18)10-4-3-5-11(22-2)12(10)16/h3-5H,6-9H2,1-2H3,(H,19,20). The van der Waals surface area contributed by atoms with Crippen molar-refractivity contribution in [2.45, 2.75) is 6.42 Å². The fraction of sp³-hybridized carbons (Fsp3) is 0.467. The summed E-state index contributed by atoms with van der Waals surface area (Å²) >= 11 is 0. The molecular weight excluding hydrogens is 293 g/mol. The summed E-state index contributed by atoms with van der Waals surface area (Å²) in [5.41, 5.74) is -1.27. The predicted molar refractivity (Wildman–Crippen MR) is 75.4 cm³/mol. The van der Waals surface area contributed by atoms with E-state index in [4.69, 9.17) is 9.47 Å². The Balaban J connectivity index is 2.24. The molecule has 0 aromatic heterocycles. The van der Waals surface area contributed by atoms with Crippen LogP contribution in [0.4, 0.5) is 4.39 Å². The molecule has 1 aliphatic heterocycles. The van der Waals surface area contributed by atoms with Crippen molar-refractivity contribution in [3.05, 3.63) is 29.6 Å². The van der Waals surface area contributed by atoms with E-state index in [0.717, 1.165) is 0 Å². The van der Waals surface area contributed by atoms with Crippen molar-refractivity contribution >= 4 is 11.9 Å². The molecule has 1 aromatic carbocycles. The Morgan fingerprint density at radius 2 is 2.14 bits per heavy atom. The lowest BCUT2D eigenvalue weighted by Crippen LogP contribution is -2.40. The molecule has 1 fully saturated rings. The number of carbonyl (C=O) groups excluding carboxylic acids is 1. The van der Waals surface area contributed by atoms with Crippen LogP contribution >= 0.6 is 0 Å². The summed E-state index contributed by atoms with van der Waals surface area (Å²) in [5.74, 6) is -2.33. The smallest absolute Gasteiger partial charge is 0.313 e. The maximum Gasteiger partial charge on any atom is 0.313 e. The van der Waals surface area contributed by atoms with Crippen LogP contribution in [0.15, 0.2) is 18.2 Å². The molecule has 1 heterocycles. The highest BCUT2D eigenvalue weighted by Crippen LogP contribution is 2.33. The third kappa shape index (κ3) is 2.76. The van der Waals surface area contributed by atoms with Gasteiger partial charge in [-0.05, 0) is 18.6 Å². The number of methoxy groups -OCH3 is 2. The minimum Gasteiger partial charge on any atom is -0.494 e. The van der Waals surface area contributed by atoms with Gasteiger partial charge in [-0.1, -0.05) is 6.07 Å². The van der Waals surface area contributed by atoms with Crippen LogP contribution in [0.2, 0.25) is 0 Å². The molecule has 1 unspecified atom stereocenters. The lowest BCUT2D eigenvalue weighted by molar-refractivity contribution is -0.151. The molecule has 0 saturated carbocycles. The second-order valence-corrected chi connectivity index (χ2v) is 5.32. The minimum absolute atomic E-state index is 0.00665. The number of carboxylic acid groups (broad SMARTS) is 1. The van der Waals surface area contributed by atoms with E-state index < -0.39 is 23.1 Å². The van der Waals surface area contributed by atoms with Gasteiger partial charge in [0.25, 0.3) is 5.91 Å². The Morgan fingerprint density at radius 1 is 1.41 bits per heavy atom. The SMILES string of the molecule is COCC1(C(=O)O)CCN(C(=O)c2cccc(OC)c2F)C1. The van der Waals surface area contributed by atoms with E-state index >= 15 is 0 Å². The maximum absolute atomic E-state index is 14.2. The number of carboxylic acids is 1. The summed E-state index contributed by atoms with van der Waals surface area (Å²) < 4.78 is 24.0. The van der Waals surface area contributed by atoms with Gasteiger partial charge in [0.15, 0.2) is 11.6 Å². The molecule has 0 aliphatic carbocycles. The first-order valence-corrected chi connectivity index (χ1v) is 6.79. The number of halogens is 1. The normalized spacial score (nSPS) is 21.0. The van der Waals surface area contributed by atoms with E-state index in [2.05, 4.69) is 0 Å². The molecule has 1 atom stereocenters. The lowest BCUT2D eigenvalue weighted by atomic mass is 9.88. The zero-order valence-electron chi connectivity index (χ0n) is 12.5. The van der Waals surface area contributed by atoms with Gasteiger partial charge >= 0.3 is 5.97 Å². The average Bonchev–Trinajstić information content (AvgIpc) is 2.93. The second-order valence-electron chi connectivity index (χ2n) is 5.32. The Hall–Kier alpha value is -2.15.